The van der Waals surface area contributed by atoms with Crippen molar-refractivity contribution in [3.8, 4) is 12.3 Å². The van der Waals surface area contributed by atoms with Crippen molar-refractivity contribution in [2.24, 2.45) is 10.7 Å². The van der Waals surface area contributed by atoms with E-state index in [4.69, 9.17) is 12.2 Å². The van der Waals surface area contributed by atoms with E-state index in [1.807, 2.05) is 6.92 Å². The number of aliphatic imine (C=N–C) groups is 1. The van der Waals surface area contributed by atoms with Gasteiger partial charge in [-0.25, -0.2) is 0 Å². The zero-order valence-electron chi connectivity index (χ0n) is 8.09. The molecule has 3 heteroatoms. The number of guanidine groups is 1. The van der Waals surface area contributed by atoms with E-state index in [-0.39, 0.29) is 6.04 Å². The van der Waals surface area contributed by atoms with Crippen LogP contribution in [-0.4, -0.2) is 18.0 Å². The van der Waals surface area contributed by atoms with Crippen LogP contribution < -0.4 is 11.1 Å². The molecule has 13 heavy (non-hydrogen) atoms. The highest BCUT2D eigenvalue weighted by Crippen LogP contribution is 2.20. The Morgan fingerprint density at radius 1 is 1.62 bits per heavy atom. The first-order valence-corrected chi connectivity index (χ1v) is 4.78. The molecule has 0 aromatic heterocycles. The van der Waals surface area contributed by atoms with Gasteiger partial charge in [-0.1, -0.05) is 18.8 Å². The average molecular weight is 179 g/mol. The largest absolute Gasteiger partial charge is 0.370 e. The summed E-state index contributed by atoms with van der Waals surface area (Å²) in [5.74, 6) is 3.03. The monoisotopic (exact) mass is 179 g/mol. The SMILES string of the molecule is C#CC(C)NC(N)=NC1CCCC1. The number of rotatable bonds is 2. The Labute approximate surface area is 79.8 Å². The second-order valence-corrected chi connectivity index (χ2v) is 3.49. The quantitative estimate of drug-likeness (QED) is 0.375. The van der Waals surface area contributed by atoms with Gasteiger partial charge in [0.15, 0.2) is 5.96 Å². The molecule has 0 bridgehead atoms. The molecule has 0 heterocycles. The molecule has 3 nitrogen and oxygen atoms in total. The van der Waals surface area contributed by atoms with Gasteiger partial charge in [0.05, 0.1) is 12.1 Å². The molecule has 1 saturated carbocycles. The summed E-state index contributed by atoms with van der Waals surface area (Å²) in [5.41, 5.74) is 5.67. The van der Waals surface area contributed by atoms with Gasteiger partial charge >= 0.3 is 0 Å². The Kier molecular flexibility index (Phi) is 3.63. The minimum Gasteiger partial charge on any atom is -0.370 e. The van der Waals surface area contributed by atoms with Crippen LogP contribution in [0, 0.1) is 12.3 Å². The molecule has 0 amide bonds. The van der Waals surface area contributed by atoms with Gasteiger partial charge in [-0.15, -0.1) is 6.42 Å². The van der Waals surface area contributed by atoms with Gasteiger partial charge < -0.3 is 11.1 Å². The second kappa shape index (κ2) is 4.76. The molecule has 1 unspecified atom stereocenters. The minimum atomic E-state index is -0.0369. The number of nitrogens with zero attached hydrogens (tertiary/aromatic N) is 1. The highest BCUT2D eigenvalue weighted by atomic mass is 15.1. The van der Waals surface area contributed by atoms with Crippen LogP contribution in [0.5, 0.6) is 0 Å². The Balaban J connectivity index is 2.37. The lowest BCUT2D eigenvalue weighted by Gasteiger charge is -2.10. The lowest BCUT2D eigenvalue weighted by Crippen LogP contribution is -2.38. The summed E-state index contributed by atoms with van der Waals surface area (Å²) >= 11 is 0. The zero-order chi connectivity index (χ0) is 9.68. The van der Waals surface area contributed by atoms with Crippen LogP contribution in [0.3, 0.4) is 0 Å². The highest BCUT2D eigenvalue weighted by Gasteiger charge is 2.13. The third kappa shape index (κ3) is 3.37. The van der Waals surface area contributed by atoms with Crippen LogP contribution in [0.25, 0.3) is 0 Å². The molecule has 3 N–H and O–H groups in total. The molecule has 1 fully saturated rings. The average Bonchev–Trinajstić information content (AvgIpc) is 2.56. The number of hydrogen-bond acceptors (Lipinski definition) is 1. The van der Waals surface area contributed by atoms with Crippen molar-refractivity contribution in [1.29, 1.82) is 0 Å². The second-order valence-electron chi connectivity index (χ2n) is 3.49. The van der Waals surface area contributed by atoms with Gasteiger partial charge in [0, 0.05) is 0 Å². The van der Waals surface area contributed by atoms with Gasteiger partial charge in [0.25, 0.3) is 0 Å². The first-order valence-electron chi connectivity index (χ1n) is 4.78. The maximum atomic E-state index is 5.67. The van der Waals surface area contributed by atoms with Crippen molar-refractivity contribution in [3.05, 3.63) is 0 Å². The molecule has 0 aromatic rings. The van der Waals surface area contributed by atoms with Crippen molar-refractivity contribution in [2.75, 3.05) is 0 Å². The molecule has 0 aromatic carbocycles. The van der Waals surface area contributed by atoms with E-state index in [0.29, 0.717) is 12.0 Å². The van der Waals surface area contributed by atoms with Crippen molar-refractivity contribution in [3.63, 3.8) is 0 Å². The van der Waals surface area contributed by atoms with Crippen LogP contribution in [0.2, 0.25) is 0 Å². The minimum absolute atomic E-state index is 0.0369. The van der Waals surface area contributed by atoms with Crippen LogP contribution in [0.1, 0.15) is 32.6 Å². The van der Waals surface area contributed by atoms with Gasteiger partial charge in [0.1, 0.15) is 0 Å². The maximum Gasteiger partial charge on any atom is 0.189 e. The van der Waals surface area contributed by atoms with E-state index in [9.17, 15) is 0 Å². The fourth-order valence-corrected chi connectivity index (χ4v) is 1.53. The van der Waals surface area contributed by atoms with E-state index >= 15 is 0 Å². The molecule has 1 aliphatic rings. The molecule has 1 atom stereocenters. The molecule has 1 rings (SSSR count). The van der Waals surface area contributed by atoms with Gasteiger partial charge in [0.2, 0.25) is 0 Å². The normalized spacial score (nSPS) is 21.1. The fourth-order valence-electron chi connectivity index (χ4n) is 1.53. The number of nitrogens with one attached hydrogen (secondary N) is 1. The molecular formula is C10H17N3. The van der Waals surface area contributed by atoms with Gasteiger partial charge in [-0.05, 0) is 19.8 Å². The Morgan fingerprint density at radius 2 is 2.23 bits per heavy atom. The van der Waals surface area contributed by atoms with Gasteiger partial charge in [-0.2, -0.15) is 0 Å². The van der Waals surface area contributed by atoms with E-state index in [0.717, 1.165) is 12.8 Å². The lowest BCUT2D eigenvalue weighted by molar-refractivity contribution is 0.692. The van der Waals surface area contributed by atoms with Crippen molar-refractivity contribution < 1.29 is 0 Å². The summed E-state index contributed by atoms with van der Waals surface area (Å²) in [6, 6.07) is 0.377. The van der Waals surface area contributed by atoms with Gasteiger partial charge in [-0.3, -0.25) is 4.99 Å². The number of terminal acetylenes is 1. The predicted molar refractivity (Wildman–Crippen MR) is 55.3 cm³/mol. The molecule has 0 radical (unpaired) electrons. The molecule has 1 aliphatic carbocycles. The van der Waals surface area contributed by atoms with E-state index in [1.165, 1.54) is 12.8 Å². The zero-order valence-corrected chi connectivity index (χ0v) is 8.09. The van der Waals surface area contributed by atoms with Crippen molar-refractivity contribution >= 4 is 5.96 Å². The summed E-state index contributed by atoms with van der Waals surface area (Å²) in [7, 11) is 0. The Hall–Kier alpha value is -1.17. The molecule has 72 valence electrons. The summed E-state index contributed by atoms with van der Waals surface area (Å²) in [4.78, 5) is 4.35. The maximum absolute atomic E-state index is 5.67. The Bertz CT molecular complexity index is 221. The lowest BCUT2D eigenvalue weighted by atomic mass is 10.3. The summed E-state index contributed by atoms with van der Waals surface area (Å²) in [6.45, 7) is 1.89. The predicted octanol–water partition coefficient (Wildman–Crippen LogP) is 0.855. The summed E-state index contributed by atoms with van der Waals surface area (Å²) < 4.78 is 0. The molecule has 0 aliphatic heterocycles. The number of nitrogens with two attached hydrogens (primary N) is 1. The smallest absolute Gasteiger partial charge is 0.189 e. The highest BCUT2D eigenvalue weighted by molar-refractivity contribution is 5.78. The van der Waals surface area contributed by atoms with E-state index in [2.05, 4.69) is 16.2 Å². The van der Waals surface area contributed by atoms with E-state index in [1.54, 1.807) is 0 Å². The van der Waals surface area contributed by atoms with Crippen molar-refractivity contribution in [2.45, 2.75) is 44.7 Å². The fraction of sp³-hybridized carbons (Fsp3) is 0.700. The van der Waals surface area contributed by atoms with Crippen LogP contribution in [0.15, 0.2) is 4.99 Å². The molecule has 0 spiro atoms. The van der Waals surface area contributed by atoms with Crippen LogP contribution in [0.4, 0.5) is 0 Å². The third-order valence-electron chi connectivity index (χ3n) is 2.26. The number of hydrogen-bond donors (Lipinski definition) is 2. The third-order valence-corrected chi connectivity index (χ3v) is 2.26. The first kappa shape index (κ1) is 9.91. The topological polar surface area (TPSA) is 50.4 Å². The first-order chi connectivity index (χ1) is 6.22. The van der Waals surface area contributed by atoms with Crippen LogP contribution in [-0.2, 0) is 0 Å². The van der Waals surface area contributed by atoms with Crippen molar-refractivity contribution in [1.82, 2.24) is 5.32 Å². The standard InChI is InChI=1S/C10H17N3/c1-3-8(2)12-10(11)13-9-6-4-5-7-9/h1,8-9H,4-7H2,2H3,(H3,11,12,13). The molecule has 0 saturated heterocycles. The summed E-state index contributed by atoms with van der Waals surface area (Å²) in [5, 5.41) is 2.95. The summed E-state index contributed by atoms with van der Waals surface area (Å²) in [6.07, 6.45) is 10.1. The van der Waals surface area contributed by atoms with E-state index < -0.39 is 0 Å². The molecular weight excluding hydrogens is 162 g/mol. The Morgan fingerprint density at radius 3 is 2.77 bits per heavy atom. The van der Waals surface area contributed by atoms with Crippen LogP contribution >= 0.6 is 0 Å².